The number of nitrogens with zero attached hydrogens (tertiary/aromatic N) is 2. The smallest absolute Gasteiger partial charge is 0.0658 e. The fourth-order valence-electron chi connectivity index (χ4n) is 3.68. The van der Waals surface area contributed by atoms with Crippen LogP contribution in [0.1, 0.15) is 17.5 Å². The van der Waals surface area contributed by atoms with Gasteiger partial charge in [-0.25, -0.2) is 0 Å². The Morgan fingerprint density at radius 1 is 1.00 bits per heavy atom. The van der Waals surface area contributed by atoms with E-state index in [1.165, 1.54) is 11.1 Å². The molecule has 0 N–H and O–H groups in total. The van der Waals surface area contributed by atoms with E-state index in [0.717, 1.165) is 32.6 Å². The van der Waals surface area contributed by atoms with Crippen LogP contribution in [0.2, 0.25) is 0 Å². The highest BCUT2D eigenvalue weighted by Gasteiger charge is 2.34. The SMILES string of the molecule is C1=C(Cc2ccncc2)CC2COCC1N2Cc1ccccc1. The number of aromatic nitrogens is 1. The summed E-state index contributed by atoms with van der Waals surface area (Å²) in [5.74, 6) is 0. The van der Waals surface area contributed by atoms with Crippen LogP contribution in [0.15, 0.2) is 66.5 Å². The van der Waals surface area contributed by atoms with Gasteiger partial charge in [-0.1, -0.05) is 42.0 Å². The van der Waals surface area contributed by atoms with Crippen molar-refractivity contribution < 1.29 is 4.74 Å². The monoisotopic (exact) mass is 306 g/mol. The van der Waals surface area contributed by atoms with Crippen molar-refractivity contribution in [1.29, 1.82) is 0 Å². The van der Waals surface area contributed by atoms with Crippen molar-refractivity contribution in [1.82, 2.24) is 9.88 Å². The highest BCUT2D eigenvalue weighted by atomic mass is 16.5. The Morgan fingerprint density at radius 3 is 2.61 bits per heavy atom. The van der Waals surface area contributed by atoms with Crippen LogP contribution in [0.3, 0.4) is 0 Å². The minimum Gasteiger partial charge on any atom is -0.378 e. The summed E-state index contributed by atoms with van der Waals surface area (Å²) in [6.07, 6.45) is 8.33. The summed E-state index contributed by atoms with van der Waals surface area (Å²) in [5.41, 5.74) is 4.27. The van der Waals surface area contributed by atoms with Crippen LogP contribution in [-0.4, -0.2) is 35.2 Å². The summed E-state index contributed by atoms with van der Waals surface area (Å²) < 4.78 is 5.81. The summed E-state index contributed by atoms with van der Waals surface area (Å²) >= 11 is 0. The van der Waals surface area contributed by atoms with Gasteiger partial charge in [-0.05, 0) is 36.1 Å². The van der Waals surface area contributed by atoms with Crippen LogP contribution < -0.4 is 0 Å². The topological polar surface area (TPSA) is 25.4 Å². The maximum atomic E-state index is 5.81. The Morgan fingerprint density at radius 2 is 1.83 bits per heavy atom. The Hall–Kier alpha value is -1.97. The zero-order valence-corrected chi connectivity index (χ0v) is 13.3. The zero-order chi connectivity index (χ0) is 15.5. The molecular weight excluding hydrogens is 284 g/mol. The second-order valence-corrected chi connectivity index (χ2v) is 6.48. The first-order valence-corrected chi connectivity index (χ1v) is 8.34. The lowest BCUT2D eigenvalue weighted by atomic mass is 9.90. The number of morpholine rings is 1. The molecule has 1 fully saturated rings. The van der Waals surface area contributed by atoms with Crippen molar-refractivity contribution in [3.8, 4) is 0 Å². The van der Waals surface area contributed by atoms with Crippen LogP contribution in [0.25, 0.3) is 0 Å². The predicted octanol–water partition coefficient (Wildman–Crippen LogP) is 3.22. The third kappa shape index (κ3) is 3.36. The molecule has 2 unspecified atom stereocenters. The van der Waals surface area contributed by atoms with E-state index >= 15 is 0 Å². The molecule has 23 heavy (non-hydrogen) atoms. The number of benzene rings is 1. The molecule has 0 spiro atoms. The number of hydrogen-bond donors (Lipinski definition) is 0. The molecule has 118 valence electrons. The van der Waals surface area contributed by atoms with Crippen molar-refractivity contribution in [3.63, 3.8) is 0 Å². The number of hydrogen-bond acceptors (Lipinski definition) is 3. The largest absolute Gasteiger partial charge is 0.378 e. The van der Waals surface area contributed by atoms with Crippen LogP contribution >= 0.6 is 0 Å². The summed E-state index contributed by atoms with van der Waals surface area (Å²) in [4.78, 5) is 6.71. The fourth-order valence-corrected chi connectivity index (χ4v) is 3.68. The van der Waals surface area contributed by atoms with Gasteiger partial charge < -0.3 is 4.74 Å². The minimum absolute atomic E-state index is 0.402. The predicted molar refractivity (Wildman–Crippen MR) is 91.0 cm³/mol. The van der Waals surface area contributed by atoms with E-state index < -0.39 is 0 Å². The van der Waals surface area contributed by atoms with Crippen molar-refractivity contribution in [2.45, 2.75) is 31.5 Å². The highest BCUT2D eigenvalue weighted by molar-refractivity contribution is 5.25. The van der Waals surface area contributed by atoms with Gasteiger partial charge in [0.25, 0.3) is 0 Å². The summed E-state index contributed by atoms with van der Waals surface area (Å²) in [7, 11) is 0. The molecule has 1 saturated heterocycles. The van der Waals surface area contributed by atoms with E-state index in [4.69, 9.17) is 4.74 Å². The van der Waals surface area contributed by atoms with Gasteiger partial charge in [-0.3, -0.25) is 9.88 Å². The molecule has 0 saturated carbocycles. The lowest BCUT2D eigenvalue weighted by molar-refractivity contribution is -0.0440. The van der Waals surface area contributed by atoms with Crippen molar-refractivity contribution in [2.24, 2.45) is 0 Å². The lowest BCUT2D eigenvalue weighted by Crippen LogP contribution is -2.53. The van der Waals surface area contributed by atoms with Gasteiger partial charge >= 0.3 is 0 Å². The molecule has 3 heterocycles. The maximum absolute atomic E-state index is 5.81. The van der Waals surface area contributed by atoms with Crippen LogP contribution in [0.4, 0.5) is 0 Å². The molecule has 2 bridgehead atoms. The van der Waals surface area contributed by atoms with Gasteiger partial charge in [0.2, 0.25) is 0 Å². The molecule has 1 aromatic heterocycles. The number of fused-ring (bicyclic) bond motifs is 2. The van der Waals surface area contributed by atoms with Gasteiger partial charge in [0.15, 0.2) is 0 Å². The summed E-state index contributed by atoms with van der Waals surface area (Å²) in [6.45, 7) is 2.67. The molecule has 4 rings (SSSR count). The van der Waals surface area contributed by atoms with Gasteiger partial charge in [0, 0.05) is 25.0 Å². The fraction of sp³-hybridized carbons (Fsp3) is 0.350. The molecule has 2 aromatic rings. The molecule has 2 aliphatic heterocycles. The van der Waals surface area contributed by atoms with Gasteiger partial charge in [0.05, 0.1) is 19.3 Å². The molecule has 3 heteroatoms. The first-order valence-electron chi connectivity index (χ1n) is 8.34. The Bertz CT molecular complexity index is 669. The molecule has 0 radical (unpaired) electrons. The molecule has 3 nitrogen and oxygen atoms in total. The third-order valence-corrected chi connectivity index (χ3v) is 4.81. The Balaban J connectivity index is 1.51. The van der Waals surface area contributed by atoms with E-state index in [9.17, 15) is 0 Å². The molecule has 0 amide bonds. The second kappa shape index (κ2) is 6.65. The van der Waals surface area contributed by atoms with Gasteiger partial charge in [0.1, 0.15) is 0 Å². The average Bonchev–Trinajstić information content (AvgIpc) is 2.57. The van der Waals surface area contributed by atoms with E-state index in [2.05, 4.69) is 58.4 Å². The normalized spacial score (nSPS) is 24.3. The Labute approximate surface area is 137 Å². The van der Waals surface area contributed by atoms with Crippen molar-refractivity contribution in [3.05, 3.63) is 77.6 Å². The molecule has 2 atom stereocenters. The van der Waals surface area contributed by atoms with Crippen LogP contribution in [-0.2, 0) is 17.7 Å². The molecule has 2 aliphatic rings. The lowest BCUT2D eigenvalue weighted by Gasteiger charge is -2.45. The van der Waals surface area contributed by atoms with Gasteiger partial charge in [-0.15, -0.1) is 0 Å². The molecule has 0 aliphatic carbocycles. The first kappa shape index (κ1) is 14.6. The van der Waals surface area contributed by atoms with Crippen molar-refractivity contribution >= 4 is 0 Å². The maximum Gasteiger partial charge on any atom is 0.0658 e. The second-order valence-electron chi connectivity index (χ2n) is 6.48. The summed E-state index contributed by atoms with van der Waals surface area (Å²) in [5, 5.41) is 0. The van der Waals surface area contributed by atoms with E-state index in [1.807, 2.05) is 12.4 Å². The zero-order valence-electron chi connectivity index (χ0n) is 13.3. The third-order valence-electron chi connectivity index (χ3n) is 4.81. The molecule has 1 aromatic carbocycles. The summed E-state index contributed by atoms with van der Waals surface area (Å²) in [6, 6.07) is 15.9. The van der Waals surface area contributed by atoms with Crippen molar-refractivity contribution in [2.75, 3.05) is 13.2 Å². The van der Waals surface area contributed by atoms with E-state index in [0.29, 0.717) is 12.1 Å². The number of rotatable bonds is 4. The van der Waals surface area contributed by atoms with Crippen LogP contribution in [0.5, 0.6) is 0 Å². The molecular formula is C20H22N2O. The minimum atomic E-state index is 0.402. The standard InChI is InChI=1S/C20H22N2O/c1-2-4-17(5-3-1)13-22-19-11-18(12-20(22)15-23-14-19)10-16-6-8-21-9-7-16/h1-9,11,19-20H,10,12-15H2. The van der Waals surface area contributed by atoms with E-state index in [1.54, 1.807) is 5.57 Å². The van der Waals surface area contributed by atoms with Gasteiger partial charge in [-0.2, -0.15) is 0 Å². The number of pyridine rings is 1. The quantitative estimate of drug-likeness (QED) is 0.811. The van der Waals surface area contributed by atoms with Crippen LogP contribution in [0, 0.1) is 0 Å². The first-order chi connectivity index (χ1) is 11.4. The number of ether oxygens (including phenoxy) is 1. The highest BCUT2D eigenvalue weighted by Crippen LogP contribution is 2.30. The Kier molecular flexibility index (Phi) is 4.22. The average molecular weight is 306 g/mol. The van der Waals surface area contributed by atoms with E-state index in [-0.39, 0.29) is 0 Å².